The Labute approximate surface area is 198 Å². The van der Waals surface area contributed by atoms with Gasteiger partial charge in [0.15, 0.2) is 0 Å². The van der Waals surface area contributed by atoms with Gasteiger partial charge in [-0.05, 0) is 83.3 Å². The Morgan fingerprint density at radius 1 is 0.758 bits per heavy atom. The average Bonchev–Trinajstić information content (AvgIpc) is 2.83. The first-order valence-corrected chi connectivity index (χ1v) is 11.7. The molecule has 3 aromatic rings. The van der Waals surface area contributed by atoms with Crippen molar-refractivity contribution in [1.29, 1.82) is 0 Å². The van der Waals surface area contributed by atoms with Gasteiger partial charge in [0.05, 0.1) is 18.8 Å². The molecule has 3 rings (SSSR count). The molecule has 0 aliphatic carbocycles. The van der Waals surface area contributed by atoms with Crippen molar-refractivity contribution in [2.75, 3.05) is 11.9 Å². The summed E-state index contributed by atoms with van der Waals surface area (Å²) in [6.45, 7) is 8.83. The molecule has 0 saturated carbocycles. The van der Waals surface area contributed by atoms with E-state index in [4.69, 9.17) is 0 Å². The Morgan fingerprint density at radius 2 is 1.45 bits per heavy atom. The fourth-order valence-corrected chi connectivity index (χ4v) is 4.50. The largest absolute Gasteiger partial charge is 0.392 e. The Kier molecular flexibility index (Phi) is 7.96. The molecule has 0 spiro atoms. The van der Waals surface area contributed by atoms with E-state index in [1.165, 1.54) is 16.7 Å². The number of nitrogens with zero attached hydrogens (tertiary/aromatic N) is 1. The lowest BCUT2D eigenvalue weighted by atomic mass is 9.85. The number of hydrogen-bond acceptors (Lipinski definition) is 4. The van der Waals surface area contributed by atoms with Crippen LogP contribution in [0.4, 0.5) is 5.69 Å². The monoisotopic (exact) mass is 447 g/mol. The molecular formula is C29H37NO3. The van der Waals surface area contributed by atoms with E-state index in [1.54, 1.807) is 0 Å². The van der Waals surface area contributed by atoms with E-state index >= 15 is 0 Å². The second kappa shape index (κ2) is 10.5. The molecule has 3 N–H and O–H groups in total. The van der Waals surface area contributed by atoms with Gasteiger partial charge in [-0.2, -0.15) is 0 Å². The smallest absolute Gasteiger partial charge is 0.0891 e. The molecule has 0 radical (unpaired) electrons. The molecule has 4 nitrogen and oxygen atoms in total. The first-order valence-electron chi connectivity index (χ1n) is 11.7. The van der Waals surface area contributed by atoms with Gasteiger partial charge < -0.3 is 20.2 Å². The van der Waals surface area contributed by atoms with E-state index in [2.05, 4.69) is 62.2 Å². The molecule has 0 atom stereocenters. The molecule has 0 aromatic heterocycles. The zero-order chi connectivity index (χ0) is 24.2. The van der Waals surface area contributed by atoms with Gasteiger partial charge in [0.25, 0.3) is 0 Å². The number of benzene rings is 3. The van der Waals surface area contributed by atoms with E-state index in [-0.39, 0.29) is 13.2 Å². The van der Waals surface area contributed by atoms with Crippen LogP contribution in [0.3, 0.4) is 0 Å². The van der Waals surface area contributed by atoms with Crippen LogP contribution >= 0.6 is 0 Å². The van der Waals surface area contributed by atoms with Crippen LogP contribution < -0.4 is 4.90 Å². The molecule has 0 unspecified atom stereocenters. The van der Waals surface area contributed by atoms with Crippen LogP contribution in [0.2, 0.25) is 0 Å². The predicted molar refractivity (Wildman–Crippen MR) is 136 cm³/mol. The highest BCUT2D eigenvalue weighted by atomic mass is 16.3. The van der Waals surface area contributed by atoms with Crippen molar-refractivity contribution in [3.63, 3.8) is 0 Å². The molecule has 3 aromatic carbocycles. The molecule has 0 heterocycles. The number of rotatable bonds is 9. The van der Waals surface area contributed by atoms with Crippen molar-refractivity contribution < 1.29 is 15.3 Å². The summed E-state index contributed by atoms with van der Waals surface area (Å²) in [4.78, 5) is 2.19. The third-order valence-electron chi connectivity index (χ3n) is 6.92. The second-order valence-electron chi connectivity index (χ2n) is 9.04. The van der Waals surface area contributed by atoms with Crippen molar-refractivity contribution in [3.05, 3.63) is 88.0 Å². The first kappa shape index (κ1) is 25.0. The maximum Gasteiger partial charge on any atom is 0.0891 e. The van der Waals surface area contributed by atoms with Crippen LogP contribution in [0.5, 0.6) is 0 Å². The van der Waals surface area contributed by atoms with Crippen molar-refractivity contribution in [2.24, 2.45) is 0 Å². The SMILES string of the molecule is CCC(O)(CC)c1ccc(-c2cc(N(C)Cc3ccc(CO)c(CO)c3)ccc2C)c(C)c1. The standard InChI is InChI=1S/C29H37NO3/c1-6-29(33,7-2)25-11-13-27(21(4)14-25)28-16-26(12-8-20(28)3)30(5)17-22-9-10-23(18-31)24(15-22)19-32/h8-16,31-33H,6-7,17-19H2,1-5H3. The normalized spacial score (nSPS) is 11.6. The molecule has 0 saturated heterocycles. The second-order valence-corrected chi connectivity index (χ2v) is 9.04. The van der Waals surface area contributed by atoms with Gasteiger partial charge in [0.2, 0.25) is 0 Å². The van der Waals surface area contributed by atoms with Crippen LogP contribution in [0.25, 0.3) is 11.1 Å². The summed E-state index contributed by atoms with van der Waals surface area (Å²) in [7, 11) is 2.06. The molecular weight excluding hydrogens is 410 g/mol. The van der Waals surface area contributed by atoms with Gasteiger partial charge in [-0.1, -0.05) is 56.3 Å². The summed E-state index contributed by atoms with van der Waals surface area (Å²) >= 11 is 0. The highest BCUT2D eigenvalue weighted by Crippen LogP contribution is 2.35. The topological polar surface area (TPSA) is 63.9 Å². The number of anilines is 1. The summed E-state index contributed by atoms with van der Waals surface area (Å²) in [5.41, 5.74) is 8.64. The van der Waals surface area contributed by atoms with Crippen LogP contribution in [0.1, 0.15) is 60.1 Å². The summed E-state index contributed by atoms with van der Waals surface area (Å²) < 4.78 is 0. The molecule has 0 bridgehead atoms. The molecule has 4 heteroatoms. The highest BCUT2D eigenvalue weighted by Gasteiger charge is 2.25. The van der Waals surface area contributed by atoms with Gasteiger partial charge in [-0.3, -0.25) is 0 Å². The van der Waals surface area contributed by atoms with Crippen LogP contribution in [0, 0.1) is 13.8 Å². The first-order chi connectivity index (χ1) is 15.8. The zero-order valence-corrected chi connectivity index (χ0v) is 20.5. The summed E-state index contributed by atoms with van der Waals surface area (Å²) in [6.07, 6.45) is 1.39. The third kappa shape index (κ3) is 5.30. The Morgan fingerprint density at radius 3 is 2.06 bits per heavy atom. The molecule has 0 aliphatic rings. The number of aliphatic hydroxyl groups is 3. The number of aryl methyl sites for hydroxylation is 2. The molecule has 176 valence electrons. The van der Waals surface area contributed by atoms with Gasteiger partial charge >= 0.3 is 0 Å². The van der Waals surface area contributed by atoms with Crippen LogP contribution in [-0.4, -0.2) is 22.4 Å². The third-order valence-corrected chi connectivity index (χ3v) is 6.92. The van der Waals surface area contributed by atoms with Crippen LogP contribution in [0.15, 0.2) is 54.6 Å². The van der Waals surface area contributed by atoms with Crippen molar-refractivity contribution in [3.8, 4) is 11.1 Å². The van der Waals surface area contributed by atoms with Gasteiger partial charge in [-0.15, -0.1) is 0 Å². The summed E-state index contributed by atoms with van der Waals surface area (Å²) in [5, 5.41) is 30.0. The van der Waals surface area contributed by atoms with Crippen molar-refractivity contribution >= 4 is 5.69 Å². The molecule has 33 heavy (non-hydrogen) atoms. The molecule has 0 aliphatic heterocycles. The highest BCUT2D eigenvalue weighted by molar-refractivity contribution is 5.74. The lowest BCUT2D eigenvalue weighted by Crippen LogP contribution is -2.23. The minimum absolute atomic E-state index is 0.0701. The predicted octanol–water partition coefficient (Wildman–Crippen LogP) is 5.60. The van der Waals surface area contributed by atoms with E-state index in [0.29, 0.717) is 19.4 Å². The van der Waals surface area contributed by atoms with Crippen molar-refractivity contribution in [2.45, 2.75) is 65.9 Å². The molecule has 0 fully saturated rings. The fourth-order valence-electron chi connectivity index (χ4n) is 4.50. The van der Waals surface area contributed by atoms with E-state index < -0.39 is 5.60 Å². The van der Waals surface area contributed by atoms with Gasteiger partial charge in [0.1, 0.15) is 0 Å². The van der Waals surface area contributed by atoms with Gasteiger partial charge in [-0.25, -0.2) is 0 Å². The number of hydrogen-bond donors (Lipinski definition) is 3. The average molecular weight is 448 g/mol. The van der Waals surface area contributed by atoms with E-state index in [1.807, 2.05) is 32.0 Å². The minimum Gasteiger partial charge on any atom is -0.392 e. The minimum atomic E-state index is -0.778. The summed E-state index contributed by atoms with van der Waals surface area (Å²) in [6, 6.07) is 18.7. The van der Waals surface area contributed by atoms with Crippen molar-refractivity contribution in [1.82, 2.24) is 0 Å². The maximum absolute atomic E-state index is 10.9. The Balaban J connectivity index is 1.91. The van der Waals surface area contributed by atoms with Crippen LogP contribution in [-0.2, 0) is 25.4 Å². The van der Waals surface area contributed by atoms with E-state index in [9.17, 15) is 15.3 Å². The van der Waals surface area contributed by atoms with Gasteiger partial charge in [0, 0.05) is 19.3 Å². The summed E-state index contributed by atoms with van der Waals surface area (Å²) in [5.74, 6) is 0. The number of aliphatic hydroxyl groups excluding tert-OH is 2. The Bertz CT molecular complexity index is 1100. The zero-order valence-electron chi connectivity index (χ0n) is 20.5. The fraction of sp³-hybridized carbons (Fsp3) is 0.379. The van der Waals surface area contributed by atoms with E-state index in [0.717, 1.165) is 33.5 Å². The molecule has 0 amide bonds. The maximum atomic E-state index is 10.9. The Hall–Kier alpha value is -2.66. The lowest BCUT2D eigenvalue weighted by molar-refractivity contribution is 0.0283. The lowest BCUT2D eigenvalue weighted by Gasteiger charge is -2.27. The quantitative estimate of drug-likeness (QED) is 0.400.